The lowest BCUT2D eigenvalue weighted by Gasteiger charge is -2.12. The van der Waals surface area contributed by atoms with Crippen molar-refractivity contribution in [3.05, 3.63) is 56.5 Å². The molecule has 1 aliphatic rings. The van der Waals surface area contributed by atoms with Crippen LogP contribution in [-0.4, -0.2) is 37.9 Å². The summed E-state index contributed by atoms with van der Waals surface area (Å²) in [6, 6.07) is 9.92. The second-order valence-corrected chi connectivity index (χ2v) is 8.32. The average molecular weight is 528 g/mol. The van der Waals surface area contributed by atoms with Gasteiger partial charge >= 0.3 is 11.9 Å². The number of ether oxygens (including phenoxy) is 4. The molecule has 3 rings (SSSR count). The van der Waals surface area contributed by atoms with Crippen LogP contribution in [0.5, 0.6) is 11.5 Å². The number of carbonyl (C=O) groups is 2. The Morgan fingerprint density at radius 3 is 2.59 bits per heavy atom. The standard InChI is InChI=1S/C21H20Br2O6/c1-13-9-15(22)10-18(23)20(13)27-12-19(24)29-16-6-4-14(5-7-16)21(25)28-11-17-3-2-8-26-17/h4-7,9-10,17H,2-3,8,11-12H2,1H3. The molecule has 6 nitrogen and oxygen atoms in total. The molecule has 2 aromatic rings. The molecule has 0 aliphatic carbocycles. The van der Waals surface area contributed by atoms with Crippen molar-refractivity contribution in [2.24, 2.45) is 0 Å². The molecule has 0 N–H and O–H groups in total. The maximum Gasteiger partial charge on any atom is 0.349 e. The van der Waals surface area contributed by atoms with E-state index in [0.717, 1.165) is 27.4 Å². The van der Waals surface area contributed by atoms with E-state index in [0.29, 0.717) is 23.7 Å². The highest BCUT2D eigenvalue weighted by molar-refractivity contribution is 9.11. The molecule has 0 amide bonds. The van der Waals surface area contributed by atoms with Gasteiger partial charge < -0.3 is 18.9 Å². The Kier molecular flexibility index (Phi) is 7.69. The van der Waals surface area contributed by atoms with Gasteiger partial charge in [0.1, 0.15) is 18.1 Å². The maximum atomic E-state index is 12.1. The van der Waals surface area contributed by atoms with E-state index in [2.05, 4.69) is 31.9 Å². The minimum atomic E-state index is -0.548. The van der Waals surface area contributed by atoms with E-state index in [9.17, 15) is 9.59 Å². The van der Waals surface area contributed by atoms with E-state index < -0.39 is 11.9 Å². The quantitative estimate of drug-likeness (QED) is 0.379. The molecule has 0 radical (unpaired) electrons. The number of hydrogen-bond donors (Lipinski definition) is 0. The van der Waals surface area contributed by atoms with Gasteiger partial charge in [-0.2, -0.15) is 0 Å². The largest absolute Gasteiger partial charge is 0.480 e. The van der Waals surface area contributed by atoms with Crippen LogP contribution in [-0.2, 0) is 14.3 Å². The van der Waals surface area contributed by atoms with Crippen molar-refractivity contribution in [3.63, 3.8) is 0 Å². The smallest absolute Gasteiger partial charge is 0.349 e. The number of benzene rings is 2. The minimum absolute atomic E-state index is 0.0198. The summed E-state index contributed by atoms with van der Waals surface area (Å²) in [5.41, 5.74) is 1.26. The van der Waals surface area contributed by atoms with Gasteiger partial charge in [0.25, 0.3) is 0 Å². The number of carbonyl (C=O) groups excluding carboxylic acids is 2. The van der Waals surface area contributed by atoms with E-state index in [1.54, 1.807) is 24.3 Å². The highest BCUT2D eigenvalue weighted by atomic mass is 79.9. The molecule has 8 heteroatoms. The first kappa shape index (κ1) is 21.8. The SMILES string of the molecule is Cc1cc(Br)cc(Br)c1OCC(=O)Oc1ccc(C(=O)OCC2CCCO2)cc1. The average Bonchev–Trinajstić information content (AvgIpc) is 3.19. The zero-order chi connectivity index (χ0) is 20.8. The second-order valence-electron chi connectivity index (χ2n) is 6.55. The van der Waals surface area contributed by atoms with Crippen LogP contribution in [0.1, 0.15) is 28.8 Å². The maximum absolute atomic E-state index is 12.1. The molecule has 0 spiro atoms. The molecule has 29 heavy (non-hydrogen) atoms. The highest BCUT2D eigenvalue weighted by Crippen LogP contribution is 2.32. The molecule has 0 saturated carbocycles. The predicted molar refractivity (Wildman–Crippen MR) is 113 cm³/mol. The molecular weight excluding hydrogens is 508 g/mol. The Labute approximate surface area is 185 Å². The number of aryl methyl sites for hydroxylation is 1. The van der Waals surface area contributed by atoms with Crippen LogP contribution >= 0.6 is 31.9 Å². The molecule has 0 bridgehead atoms. The first-order valence-electron chi connectivity index (χ1n) is 9.10. The topological polar surface area (TPSA) is 71.1 Å². The normalized spacial score (nSPS) is 15.8. The fourth-order valence-corrected chi connectivity index (χ4v) is 4.40. The molecule has 1 fully saturated rings. The monoisotopic (exact) mass is 526 g/mol. The van der Waals surface area contributed by atoms with Gasteiger partial charge in [-0.05, 0) is 77.7 Å². The Bertz CT molecular complexity index is 852. The summed E-state index contributed by atoms with van der Waals surface area (Å²) in [6.07, 6.45) is 1.87. The van der Waals surface area contributed by atoms with Gasteiger partial charge in [0, 0.05) is 11.1 Å². The summed E-state index contributed by atoms with van der Waals surface area (Å²) < 4.78 is 23.2. The zero-order valence-electron chi connectivity index (χ0n) is 15.8. The van der Waals surface area contributed by atoms with Crippen LogP contribution < -0.4 is 9.47 Å². The Morgan fingerprint density at radius 1 is 1.17 bits per heavy atom. The number of rotatable bonds is 7. The van der Waals surface area contributed by atoms with E-state index in [1.807, 2.05) is 19.1 Å². The van der Waals surface area contributed by atoms with E-state index in [1.165, 1.54) is 0 Å². The molecular formula is C21H20Br2O6. The third-order valence-corrected chi connectivity index (χ3v) is 5.32. The molecule has 1 unspecified atom stereocenters. The third kappa shape index (κ3) is 6.29. The van der Waals surface area contributed by atoms with Gasteiger partial charge in [-0.15, -0.1) is 0 Å². The van der Waals surface area contributed by atoms with Crippen molar-refractivity contribution in [3.8, 4) is 11.5 Å². The lowest BCUT2D eigenvalue weighted by molar-refractivity contribution is -0.136. The summed E-state index contributed by atoms with van der Waals surface area (Å²) in [5.74, 6) is -0.0828. The number of esters is 2. The third-order valence-electron chi connectivity index (χ3n) is 4.27. The van der Waals surface area contributed by atoms with Gasteiger partial charge in [-0.1, -0.05) is 15.9 Å². The molecule has 0 aromatic heterocycles. The van der Waals surface area contributed by atoms with Crippen molar-refractivity contribution >= 4 is 43.8 Å². The first-order valence-corrected chi connectivity index (χ1v) is 10.7. The summed E-state index contributed by atoms with van der Waals surface area (Å²) >= 11 is 6.81. The lowest BCUT2D eigenvalue weighted by atomic mass is 10.2. The Balaban J connectivity index is 1.48. The van der Waals surface area contributed by atoms with Crippen molar-refractivity contribution in [2.45, 2.75) is 25.9 Å². The van der Waals surface area contributed by atoms with Crippen LogP contribution in [0, 0.1) is 6.92 Å². The first-order chi connectivity index (χ1) is 13.9. The molecule has 1 saturated heterocycles. The van der Waals surface area contributed by atoms with Gasteiger partial charge in [-0.25, -0.2) is 9.59 Å². The van der Waals surface area contributed by atoms with Gasteiger partial charge in [-0.3, -0.25) is 0 Å². The Hall–Kier alpha value is -1.90. The lowest BCUT2D eigenvalue weighted by Crippen LogP contribution is -2.19. The zero-order valence-corrected chi connectivity index (χ0v) is 19.0. The molecule has 1 atom stereocenters. The highest BCUT2D eigenvalue weighted by Gasteiger charge is 2.18. The van der Waals surface area contributed by atoms with E-state index in [4.69, 9.17) is 18.9 Å². The van der Waals surface area contributed by atoms with E-state index in [-0.39, 0.29) is 19.3 Å². The van der Waals surface area contributed by atoms with Crippen molar-refractivity contribution < 1.29 is 28.5 Å². The van der Waals surface area contributed by atoms with Crippen LogP contribution in [0.4, 0.5) is 0 Å². The molecule has 1 heterocycles. The predicted octanol–water partition coefficient (Wildman–Crippen LogP) is 4.84. The number of hydrogen-bond acceptors (Lipinski definition) is 6. The summed E-state index contributed by atoms with van der Waals surface area (Å²) in [6.45, 7) is 2.60. The fraction of sp³-hybridized carbons (Fsp3) is 0.333. The molecule has 1 aliphatic heterocycles. The van der Waals surface area contributed by atoms with Gasteiger partial charge in [0.2, 0.25) is 0 Å². The Morgan fingerprint density at radius 2 is 1.93 bits per heavy atom. The molecule has 2 aromatic carbocycles. The van der Waals surface area contributed by atoms with Gasteiger partial charge in [0.15, 0.2) is 6.61 Å². The van der Waals surface area contributed by atoms with Crippen LogP contribution in [0.15, 0.2) is 45.3 Å². The number of halogens is 2. The van der Waals surface area contributed by atoms with Crippen molar-refractivity contribution in [2.75, 3.05) is 19.8 Å². The van der Waals surface area contributed by atoms with E-state index >= 15 is 0 Å². The summed E-state index contributed by atoms with van der Waals surface area (Å²) in [4.78, 5) is 24.1. The minimum Gasteiger partial charge on any atom is -0.480 e. The van der Waals surface area contributed by atoms with Crippen LogP contribution in [0.3, 0.4) is 0 Å². The van der Waals surface area contributed by atoms with Crippen LogP contribution in [0.2, 0.25) is 0 Å². The summed E-state index contributed by atoms with van der Waals surface area (Å²) in [5, 5.41) is 0. The molecule has 154 valence electrons. The summed E-state index contributed by atoms with van der Waals surface area (Å²) in [7, 11) is 0. The van der Waals surface area contributed by atoms with Crippen molar-refractivity contribution in [1.82, 2.24) is 0 Å². The second kappa shape index (κ2) is 10.2. The van der Waals surface area contributed by atoms with Gasteiger partial charge in [0.05, 0.1) is 16.1 Å². The fourth-order valence-electron chi connectivity index (χ4n) is 2.85. The van der Waals surface area contributed by atoms with Crippen molar-refractivity contribution in [1.29, 1.82) is 0 Å². The van der Waals surface area contributed by atoms with Crippen LogP contribution in [0.25, 0.3) is 0 Å².